The van der Waals surface area contributed by atoms with Crippen LogP contribution in [0.1, 0.15) is 0 Å². The Morgan fingerprint density at radius 1 is 0.308 bits per heavy atom. The zero-order valence-electron chi connectivity index (χ0n) is 28.4. The topological polar surface area (TPSA) is 16.4 Å². The van der Waals surface area contributed by atoms with E-state index in [9.17, 15) is 0 Å². The summed E-state index contributed by atoms with van der Waals surface area (Å²) in [6.07, 6.45) is 0. The van der Waals surface area contributed by atoms with E-state index in [1.54, 1.807) is 0 Å². The number of benzene rings is 9. The van der Waals surface area contributed by atoms with Crippen LogP contribution in [0.25, 0.3) is 76.9 Å². The lowest BCUT2D eigenvalue weighted by Gasteiger charge is -2.27. The molecule has 0 N–H and O–H groups in total. The number of para-hydroxylation sites is 2. The smallest absolute Gasteiger partial charge is 0.143 e. The molecule has 52 heavy (non-hydrogen) atoms. The Balaban J connectivity index is 1.11. The molecule has 1 heterocycles. The molecule has 0 saturated carbocycles. The van der Waals surface area contributed by atoms with Gasteiger partial charge in [-0.3, -0.25) is 0 Å². The van der Waals surface area contributed by atoms with Gasteiger partial charge in [0.2, 0.25) is 0 Å². The summed E-state index contributed by atoms with van der Waals surface area (Å²) in [6, 6.07) is 71.8. The summed E-state index contributed by atoms with van der Waals surface area (Å²) in [5.41, 5.74) is 12.0. The van der Waals surface area contributed by atoms with Crippen LogP contribution in [-0.4, -0.2) is 0 Å². The van der Waals surface area contributed by atoms with Gasteiger partial charge in [-0.2, -0.15) is 0 Å². The van der Waals surface area contributed by atoms with Crippen LogP contribution in [0.15, 0.2) is 205 Å². The molecule has 0 unspecified atom stereocenters. The fraction of sp³-hybridized carbons (Fsp3) is 0. The van der Waals surface area contributed by atoms with Crippen molar-refractivity contribution in [1.82, 2.24) is 0 Å². The van der Waals surface area contributed by atoms with Gasteiger partial charge in [-0.25, -0.2) is 0 Å². The summed E-state index contributed by atoms with van der Waals surface area (Å²) in [6.45, 7) is 0. The molecular weight excluding hydrogens is 631 g/mol. The maximum atomic E-state index is 6.41. The van der Waals surface area contributed by atoms with Gasteiger partial charge in [0, 0.05) is 33.4 Å². The molecule has 0 aliphatic carbocycles. The predicted molar refractivity (Wildman–Crippen MR) is 220 cm³/mol. The molecule has 0 spiro atoms. The first-order chi connectivity index (χ1) is 25.8. The average molecular weight is 664 g/mol. The Morgan fingerprint density at radius 2 is 0.885 bits per heavy atom. The summed E-state index contributed by atoms with van der Waals surface area (Å²) >= 11 is 0. The zero-order chi connectivity index (χ0) is 34.4. The Bertz CT molecular complexity index is 2910. The van der Waals surface area contributed by atoms with Crippen molar-refractivity contribution in [3.05, 3.63) is 200 Å². The Morgan fingerprint density at radius 3 is 1.73 bits per heavy atom. The SMILES string of the molecule is c1cc(-c2ccc3ccccc3c2)cc(N(c2ccc(-c3cccc4c3oc3ccccc34)cc2)c2cccc(-c3cccc4ccccc34)c2)c1. The predicted octanol–water partition coefficient (Wildman–Crippen LogP) is 14.4. The molecule has 0 radical (unpaired) electrons. The number of nitrogens with zero attached hydrogens (tertiary/aromatic N) is 1. The molecule has 2 heteroatoms. The Labute approximate surface area is 302 Å². The van der Waals surface area contributed by atoms with Crippen molar-refractivity contribution in [2.75, 3.05) is 4.90 Å². The fourth-order valence-corrected chi connectivity index (χ4v) is 7.69. The monoisotopic (exact) mass is 663 g/mol. The van der Waals surface area contributed by atoms with Crippen LogP contribution in [-0.2, 0) is 0 Å². The lowest BCUT2D eigenvalue weighted by atomic mass is 9.97. The van der Waals surface area contributed by atoms with Gasteiger partial charge in [-0.05, 0) is 97.9 Å². The maximum absolute atomic E-state index is 6.41. The van der Waals surface area contributed by atoms with Crippen LogP contribution in [0.4, 0.5) is 17.1 Å². The van der Waals surface area contributed by atoms with E-state index in [1.807, 2.05) is 12.1 Å². The first-order valence-electron chi connectivity index (χ1n) is 17.8. The molecule has 0 fully saturated rings. The third-order valence-electron chi connectivity index (χ3n) is 10.2. The average Bonchev–Trinajstić information content (AvgIpc) is 3.60. The highest BCUT2D eigenvalue weighted by molar-refractivity contribution is 6.09. The molecule has 2 nitrogen and oxygen atoms in total. The number of anilines is 3. The summed E-state index contributed by atoms with van der Waals surface area (Å²) in [5.74, 6) is 0. The van der Waals surface area contributed by atoms with Crippen molar-refractivity contribution in [2.45, 2.75) is 0 Å². The van der Waals surface area contributed by atoms with Gasteiger partial charge in [0.1, 0.15) is 11.2 Å². The molecular formula is C50H33NO. The van der Waals surface area contributed by atoms with Crippen molar-refractivity contribution in [3.63, 3.8) is 0 Å². The number of rotatable bonds is 6. The first-order valence-corrected chi connectivity index (χ1v) is 17.8. The van der Waals surface area contributed by atoms with Crippen molar-refractivity contribution in [1.29, 1.82) is 0 Å². The van der Waals surface area contributed by atoms with E-state index in [-0.39, 0.29) is 0 Å². The number of hydrogen-bond donors (Lipinski definition) is 0. The molecule has 10 aromatic rings. The molecule has 0 bridgehead atoms. The van der Waals surface area contributed by atoms with E-state index in [0.717, 1.165) is 50.1 Å². The highest BCUT2D eigenvalue weighted by Gasteiger charge is 2.17. The van der Waals surface area contributed by atoms with Gasteiger partial charge in [0.05, 0.1) is 0 Å². The van der Waals surface area contributed by atoms with Crippen molar-refractivity contribution in [2.24, 2.45) is 0 Å². The summed E-state index contributed by atoms with van der Waals surface area (Å²) < 4.78 is 6.41. The molecule has 0 aliphatic heterocycles. The van der Waals surface area contributed by atoms with E-state index in [0.29, 0.717) is 0 Å². The molecule has 9 aromatic carbocycles. The maximum Gasteiger partial charge on any atom is 0.143 e. The van der Waals surface area contributed by atoms with Crippen LogP contribution in [0.3, 0.4) is 0 Å². The van der Waals surface area contributed by atoms with Crippen LogP contribution in [0, 0.1) is 0 Å². The van der Waals surface area contributed by atoms with Gasteiger partial charge in [-0.15, -0.1) is 0 Å². The van der Waals surface area contributed by atoms with Gasteiger partial charge in [0.15, 0.2) is 0 Å². The minimum atomic E-state index is 0.908. The molecule has 0 saturated heterocycles. The minimum absolute atomic E-state index is 0.908. The highest BCUT2D eigenvalue weighted by Crippen LogP contribution is 2.41. The summed E-state index contributed by atoms with van der Waals surface area (Å²) in [7, 11) is 0. The van der Waals surface area contributed by atoms with Crippen molar-refractivity contribution < 1.29 is 4.42 Å². The molecule has 1 aromatic heterocycles. The van der Waals surface area contributed by atoms with Gasteiger partial charge in [0.25, 0.3) is 0 Å². The van der Waals surface area contributed by atoms with Crippen LogP contribution in [0.2, 0.25) is 0 Å². The molecule has 10 rings (SSSR count). The Hall–Kier alpha value is -6.90. The van der Waals surface area contributed by atoms with Crippen molar-refractivity contribution >= 4 is 60.5 Å². The second-order valence-electron chi connectivity index (χ2n) is 13.4. The summed E-state index contributed by atoms with van der Waals surface area (Å²) in [4.78, 5) is 2.37. The van der Waals surface area contributed by atoms with E-state index < -0.39 is 0 Å². The second kappa shape index (κ2) is 12.5. The van der Waals surface area contributed by atoms with E-state index >= 15 is 0 Å². The number of hydrogen-bond acceptors (Lipinski definition) is 2. The quantitative estimate of drug-likeness (QED) is 0.176. The second-order valence-corrected chi connectivity index (χ2v) is 13.4. The van der Waals surface area contributed by atoms with E-state index in [2.05, 4.69) is 193 Å². The van der Waals surface area contributed by atoms with Gasteiger partial charge < -0.3 is 9.32 Å². The summed E-state index contributed by atoms with van der Waals surface area (Å²) in [5, 5.41) is 7.23. The van der Waals surface area contributed by atoms with Crippen LogP contribution < -0.4 is 4.90 Å². The fourth-order valence-electron chi connectivity index (χ4n) is 7.69. The van der Waals surface area contributed by atoms with Crippen LogP contribution in [0.5, 0.6) is 0 Å². The molecule has 0 aliphatic rings. The number of fused-ring (bicyclic) bond motifs is 5. The molecule has 0 amide bonds. The third-order valence-corrected chi connectivity index (χ3v) is 10.2. The molecule has 244 valence electrons. The standard InChI is InChI=1S/C50H33NO/c1-2-13-37-31-39(26-25-34(37)11-1)38-15-7-17-42(32-38)51(43-18-8-16-40(33-43)45-21-9-14-35-12-3-4-19-44(35)45)41-29-27-36(28-30-41)46-22-10-23-48-47-20-5-6-24-49(47)52-50(46)48/h1-33H. The lowest BCUT2D eigenvalue weighted by Crippen LogP contribution is -2.10. The lowest BCUT2D eigenvalue weighted by molar-refractivity contribution is 0.670. The Kier molecular flexibility index (Phi) is 7.18. The normalized spacial score (nSPS) is 11.5. The number of furan rings is 1. The van der Waals surface area contributed by atoms with Gasteiger partial charge in [-0.1, -0.05) is 152 Å². The first kappa shape index (κ1) is 30.0. The highest BCUT2D eigenvalue weighted by atomic mass is 16.3. The van der Waals surface area contributed by atoms with Crippen molar-refractivity contribution in [3.8, 4) is 33.4 Å². The van der Waals surface area contributed by atoms with Gasteiger partial charge >= 0.3 is 0 Å². The molecule has 0 atom stereocenters. The third kappa shape index (κ3) is 5.21. The van der Waals surface area contributed by atoms with E-state index in [1.165, 1.54) is 43.8 Å². The van der Waals surface area contributed by atoms with Crippen LogP contribution >= 0.6 is 0 Å². The minimum Gasteiger partial charge on any atom is -0.455 e. The van der Waals surface area contributed by atoms with E-state index in [4.69, 9.17) is 4.42 Å². The largest absolute Gasteiger partial charge is 0.455 e. The zero-order valence-corrected chi connectivity index (χ0v) is 28.4.